The molecule has 2 rings (SSSR count). The Balaban J connectivity index is 2.65. The van der Waals surface area contributed by atoms with Crippen molar-refractivity contribution in [1.82, 2.24) is 0 Å². The third-order valence-corrected chi connectivity index (χ3v) is 3.28. The van der Waals surface area contributed by atoms with Crippen LogP contribution in [0.15, 0.2) is 36.6 Å². The maximum atomic E-state index is 12.1. The van der Waals surface area contributed by atoms with Gasteiger partial charge in [-0.2, -0.15) is 0 Å². The molecule has 1 aliphatic carbocycles. The average molecular weight is 248 g/mol. The molecule has 0 radical (unpaired) electrons. The summed E-state index contributed by atoms with van der Waals surface area (Å²) in [5.74, 6) is -3.39. The lowest BCUT2D eigenvalue weighted by Crippen LogP contribution is -2.54. The molecule has 1 spiro atoms. The van der Waals surface area contributed by atoms with Crippen LogP contribution in [0, 0.1) is 11.3 Å². The van der Waals surface area contributed by atoms with Gasteiger partial charge in [-0.15, -0.1) is 0 Å². The Morgan fingerprint density at radius 2 is 2.11 bits per heavy atom. The highest BCUT2D eigenvalue weighted by atomic mass is 16.6. The minimum Gasteiger partial charge on any atom is -0.422 e. The first-order chi connectivity index (χ1) is 8.46. The summed E-state index contributed by atoms with van der Waals surface area (Å²) >= 11 is 0. The summed E-state index contributed by atoms with van der Waals surface area (Å²) in [6.07, 6.45) is 4.07. The molecule has 0 aromatic rings. The van der Waals surface area contributed by atoms with Gasteiger partial charge in [0.1, 0.15) is 6.10 Å². The van der Waals surface area contributed by atoms with E-state index in [9.17, 15) is 19.5 Å². The van der Waals surface area contributed by atoms with Gasteiger partial charge in [-0.3, -0.25) is 14.4 Å². The maximum absolute atomic E-state index is 12.1. The molecule has 1 saturated heterocycles. The van der Waals surface area contributed by atoms with Gasteiger partial charge in [0.25, 0.3) is 0 Å². The van der Waals surface area contributed by atoms with Crippen LogP contribution in [0.1, 0.15) is 6.92 Å². The summed E-state index contributed by atoms with van der Waals surface area (Å²) in [6.45, 7) is 5.04. The highest BCUT2D eigenvalue weighted by Crippen LogP contribution is 2.45. The van der Waals surface area contributed by atoms with Crippen LogP contribution in [0.3, 0.4) is 0 Å². The predicted octanol–water partition coefficient (Wildman–Crippen LogP) is 0.304. The normalized spacial score (nSPS) is 35.9. The third kappa shape index (κ3) is 1.34. The summed E-state index contributed by atoms with van der Waals surface area (Å²) in [7, 11) is 0. The van der Waals surface area contributed by atoms with E-state index in [-0.39, 0.29) is 5.76 Å². The number of cyclic esters (lactones) is 1. The summed E-state index contributed by atoms with van der Waals surface area (Å²) in [4.78, 5) is 35.6. The van der Waals surface area contributed by atoms with Crippen molar-refractivity contribution in [2.45, 2.75) is 13.0 Å². The zero-order chi connectivity index (χ0) is 13.5. The van der Waals surface area contributed by atoms with E-state index in [1.54, 1.807) is 19.1 Å². The number of hydrogen-bond donors (Lipinski definition) is 1. The molecule has 1 heterocycles. The molecule has 18 heavy (non-hydrogen) atoms. The van der Waals surface area contributed by atoms with E-state index in [4.69, 9.17) is 4.74 Å². The molecule has 2 aliphatic rings. The van der Waals surface area contributed by atoms with Crippen LogP contribution in [0.2, 0.25) is 0 Å². The Bertz CT molecular complexity index is 513. The molecule has 0 aromatic heterocycles. The van der Waals surface area contributed by atoms with Crippen molar-refractivity contribution in [1.29, 1.82) is 0 Å². The molecule has 3 atom stereocenters. The Hall–Kier alpha value is -2.01. The van der Waals surface area contributed by atoms with Crippen LogP contribution in [0.4, 0.5) is 0 Å². The number of hydrogen-bond acceptors (Lipinski definition) is 5. The number of carbonyl (C=O) groups excluding carboxylic acids is 3. The van der Waals surface area contributed by atoms with Crippen LogP contribution in [-0.4, -0.2) is 28.7 Å². The van der Waals surface area contributed by atoms with Crippen LogP contribution in [-0.2, 0) is 19.1 Å². The first kappa shape index (κ1) is 12.4. The van der Waals surface area contributed by atoms with Gasteiger partial charge in [-0.1, -0.05) is 24.8 Å². The number of esters is 1. The Kier molecular flexibility index (Phi) is 2.78. The van der Waals surface area contributed by atoms with Gasteiger partial charge in [0, 0.05) is 5.92 Å². The quantitative estimate of drug-likeness (QED) is 0.312. The van der Waals surface area contributed by atoms with Crippen LogP contribution < -0.4 is 0 Å². The van der Waals surface area contributed by atoms with Gasteiger partial charge in [0.2, 0.25) is 5.78 Å². The van der Waals surface area contributed by atoms with Crippen molar-refractivity contribution in [3.8, 4) is 0 Å². The average Bonchev–Trinajstić information content (AvgIpc) is 2.54. The minimum atomic E-state index is -1.91. The number of Topliss-reactive ketones (excluding diaryl/α,β-unsaturated/α-hetero) is 1. The molecule has 5 heteroatoms. The third-order valence-electron chi connectivity index (χ3n) is 3.28. The number of ether oxygens (including phenoxy) is 1. The predicted molar refractivity (Wildman–Crippen MR) is 61.1 cm³/mol. The lowest BCUT2D eigenvalue weighted by Gasteiger charge is -2.34. The SMILES string of the molecule is C=C1OC(=O)[C@@]2(C1=O)[C@@H](/C=C/C)C=CC(=O)[C@H]2O. The summed E-state index contributed by atoms with van der Waals surface area (Å²) < 4.78 is 4.70. The zero-order valence-electron chi connectivity index (χ0n) is 9.75. The van der Waals surface area contributed by atoms with E-state index in [0.717, 1.165) is 0 Å². The summed E-state index contributed by atoms with van der Waals surface area (Å²) in [5.41, 5.74) is -1.91. The van der Waals surface area contributed by atoms with Crippen molar-refractivity contribution in [3.63, 3.8) is 0 Å². The first-order valence-electron chi connectivity index (χ1n) is 5.45. The Morgan fingerprint density at radius 3 is 2.61 bits per heavy atom. The molecule has 1 aliphatic heterocycles. The molecule has 0 bridgehead atoms. The Morgan fingerprint density at radius 1 is 1.44 bits per heavy atom. The van der Waals surface area contributed by atoms with Crippen molar-refractivity contribution in [3.05, 3.63) is 36.6 Å². The van der Waals surface area contributed by atoms with Crippen molar-refractivity contribution in [2.75, 3.05) is 0 Å². The number of aliphatic hydroxyl groups excluding tert-OH is 1. The Labute approximate surface area is 103 Å². The van der Waals surface area contributed by atoms with E-state index in [2.05, 4.69) is 6.58 Å². The molecule has 0 saturated carbocycles. The van der Waals surface area contributed by atoms with Gasteiger partial charge in [-0.25, -0.2) is 0 Å². The van der Waals surface area contributed by atoms with Crippen molar-refractivity contribution < 1.29 is 24.2 Å². The second kappa shape index (κ2) is 4.03. The molecule has 0 aromatic carbocycles. The van der Waals surface area contributed by atoms with Crippen LogP contribution >= 0.6 is 0 Å². The smallest absolute Gasteiger partial charge is 0.329 e. The second-order valence-corrected chi connectivity index (χ2v) is 4.23. The molecule has 0 amide bonds. The number of allylic oxidation sites excluding steroid dienone is 4. The van der Waals surface area contributed by atoms with Gasteiger partial charge < -0.3 is 9.84 Å². The number of aliphatic hydroxyl groups is 1. The lowest BCUT2D eigenvalue weighted by molar-refractivity contribution is -0.160. The first-order valence-corrected chi connectivity index (χ1v) is 5.45. The fraction of sp³-hybridized carbons (Fsp3) is 0.308. The highest BCUT2D eigenvalue weighted by molar-refractivity contribution is 6.21. The molecule has 5 nitrogen and oxygen atoms in total. The number of carbonyl (C=O) groups is 3. The summed E-state index contributed by atoms with van der Waals surface area (Å²) in [6, 6.07) is 0. The monoisotopic (exact) mass is 248 g/mol. The van der Waals surface area contributed by atoms with Crippen molar-refractivity contribution in [2.24, 2.45) is 11.3 Å². The molecular formula is C13H12O5. The largest absolute Gasteiger partial charge is 0.422 e. The van der Waals surface area contributed by atoms with Crippen LogP contribution in [0.25, 0.3) is 0 Å². The van der Waals surface area contributed by atoms with E-state index >= 15 is 0 Å². The van der Waals surface area contributed by atoms with Crippen LogP contribution in [0.5, 0.6) is 0 Å². The number of ketones is 2. The fourth-order valence-corrected chi connectivity index (χ4v) is 2.36. The van der Waals surface area contributed by atoms with Gasteiger partial charge in [0.15, 0.2) is 17.0 Å². The topological polar surface area (TPSA) is 80.7 Å². The van der Waals surface area contributed by atoms with Crippen molar-refractivity contribution >= 4 is 17.5 Å². The minimum absolute atomic E-state index is 0.336. The van der Waals surface area contributed by atoms with Gasteiger partial charge in [0.05, 0.1) is 0 Å². The highest BCUT2D eigenvalue weighted by Gasteiger charge is 2.65. The van der Waals surface area contributed by atoms with E-state index in [1.807, 2.05) is 0 Å². The fourth-order valence-electron chi connectivity index (χ4n) is 2.36. The van der Waals surface area contributed by atoms with E-state index in [1.165, 1.54) is 12.2 Å². The molecule has 1 N–H and O–H groups in total. The molecular weight excluding hydrogens is 236 g/mol. The standard InChI is InChI=1S/C13H12O5/c1-3-4-8-5-6-9(14)11(16)13(8)10(15)7(2)18-12(13)17/h3-6,8,11,16H,2H2,1H3/b4-3+/t8-,11+,13+/m0/s1. The lowest BCUT2D eigenvalue weighted by atomic mass is 9.65. The molecule has 0 unspecified atom stereocenters. The maximum Gasteiger partial charge on any atom is 0.329 e. The number of rotatable bonds is 1. The van der Waals surface area contributed by atoms with Gasteiger partial charge >= 0.3 is 5.97 Å². The van der Waals surface area contributed by atoms with E-state index < -0.39 is 35.0 Å². The zero-order valence-corrected chi connectivity index (χ0v) is 9.75. The summed E-state index contributed by atoms with van der Waals surface area (Å²) in [5, 5.41) is 9.99. The second-order valence-electron chi connectivity index (χ2n) is 4.23. The van der Waals surface area contributed by atoms with Gasteiger partial charge in [-0.05, 0) is 13.0 Å². The molecule has 1 fully saturated rings. The molecule has 94 valence electrons. The van der Waals surface area contributed by atoms with E-state index in [0.29, 0.717) is 0 Å².